The molecule has 1 aliphatic rings. The Morgan fingerprint density at radius 2 is 1.61 bits per heavy atom. The molecule has 0 saturated carbocycles. The summed E-state index contributed by atoms with van der Waals surface area (Å²) in [6.45, 7) is 0. The number of fused-ring (bicyclic) bond motifs is 1. The van der Waals surface area contributed by atoms with Crippen molar-refractivity contribution in [3.8, 4) is 0 Å². The van der Waals surface area contributed by atoms with E-state index in [0.29, 0.717) is 23.3 Å². The van der Waals surface area contributed by atoms with Gasteiger partial charge in [-0.15, -0.1) is 0 Å². The topological polar surface area (TPSA) is 75.4 Å². The van der Waals surface area contributed by atoms with Gasteiger partial charge in [-0.25, -0.2) is 20.0 Å². The van der Waals surface area contributed by atoms with Crippen molar-refractivity contribution in [2.75, 3.05) is 5.32 Å². The van der Waals surface area contributed by atoms with Crippen LogP contribution in [-0.2, 0) is 0 Å². The molecule has 110 valence electrons. The fourth-order valence-corrected chi connectivity index (χ4v) is 2.25. The largest absolute Gasteiger partial charge is 0.323 e. The quantitative estimate of drug-likeness (QED) is 0.789. The number of hydrogen-bond donors (Lipinski definition) is 1. The van der Waals surface area contributed by atoms with Crippen LogP contribution in [-0.4, -0.2) is 26.6 Å². The molecule has 1 N–H and O–H groups in total. The number of pyridine rings is 3. The van der Waals surface area contributed by atoms with E-state index >= 15 is 0 Å². The SMILES string of the molecule is c1ccc(/N=C2\N=C(Nc3ccccn3)c3ncccc32)nc1. The number of anilines is 1. The molecular formula is C17H12N6. The predicted octanol–water partition coefficient (Wildman–Crippen LogP) is 2.82. The molecule has 0 unspecified atom stereocenters. The first-order chi connectivity index (χ1) is 11.4. The summed E-state index contributed by atoms with van der Waals surface area (Å²) in [7, 11) is 0. The molecular weight excluding hydrogens is 288 g/mol. The molecule has 0 aromatic carbocycles. The maximum absolute atomic E-state index is 4.56. The Balaban J connectivity index is 1.75. The van der Waals surface area contributed by atoms with E-state index in [4.69, 9.17) is 0 Å². The highest BCUT2D eigenvalue weighted by Crippen LogP contribution is 2.20. The van der Waals surface area contributed by atoms with E-state index in [9.17, 15) is 0 Å². The molecule has 3 aromatic heterocycles. The van der Waals surface area contributed by atoms with Crippen molar-refractivity contribution in [3.63, 3.8) is 0 Å². The zero-order valence-corrected chi connectivity index (χ0v) is 12.1. The number of aromatic nitrogens is 3. The van der Waals surface area contributed by atoms with Gasteiger partial charge in [0.2, 0.25) is 0 Å². The minimum atomic E-state index is 0.588. The molecule has 4 rings (SSSR count). The highest BCUT2D eigenvalue weighted by Gasteiger charge is 2.23. The van der Waals surface area contributed by atoms with Crippen LogP contribution in [0.2, 0.25) is 0 Å². The van der Waals surface area contributed by atoms with Crippen molar-refractivity contribution in [3.05, 3.63) is 78.4 Å². The third-order valence-corrected chi connectivity index (χ3v) is 3.27. The molecule has 0 aliphatic carbocycles. The van der Waals surface area contributed by atoms with Crippen LogP contribution in [0.25, 0.3) is 0 Å². The Morgan fingerprint density at radius 3 is 2.39 bits per heavy atom. The van der Waals surface area contributed by atoms with E-state index in [-0.39, 0.29) is 0 Å². The average Bonchev–Trinajstić information content (AvgIpc) is 2.95. The van der Waals surface area contributed by atoms with Gasteiger partial charge in [-0.1, -0.05) is 12.1 Å². The Kier molecular flexibility index (Phi) is 3.32. The van der Waals surface area contributed by atoms with Crippen LogP contribution in [0.3, 0.4) is 0 Å². The van der Waals surface area contributed by atoms with E-state index in [1.165, 1.54) is 0 Å². The molecule has 0 atom stereocenters. The van der Waals surface area contributed by atoms with Crippen molar-refractivity contribution in [2.45, 2.75) is 0 Å². The van der Waals surface area contributed by atoms with Gasteiger partial charge in [0.05, 0.1) is 0 Å². The summed E-state index contributed by atoms with van der Waals surface area (Å²) in [4.78, 5) is 21.9. The number of amidine groups is 2. The third-order valence-electron chi connectivity index (χ3n) is 3.27. The van der Waals surface area contributed by atoms with E-state index in [2.05, 4.69) is 30.3 Å². The predicted molar refractivity (Wildman–Crippen MR) is 89.1 cm³/mol. The molecule has 4 heterocycles. The zero-order chi connectivity index (χ0) is 15.5. The average molecular weight is 300 g/mol. The molecule has 6 nitrogen and oxygen atoms in total. The number of nitrogens with one attached hydrogen (secondary N) is 1. The van der Waals surface area contributed by atoms with Gasteiger partial charge in [0.1, 0.15) is 11.5 Å². The monoisotopic (exact) mass is 300 g/mol. The number of rotatable bonds is 2. The first-order valence-corrected chi connectivity index (χ1v) is 7.12. The molecule has 0 spiro atoms. The molecule has 23 heavy (non-hydrogen) atoms. The summed E-state index contributed by atoms with van der Waals surface area (Å²) in [5, 5.41) is 3.19. The Bertz CT molecular complexity index is 887. The van der Waals surface area contributed by atoms with Gasteiger partial charge in [-0.2, -0.15) is 0 Å². The molecule has 3 aromatic rings. The van der Waals surface area contributed by atoms with Crippen LogP contribution in [0.1, 0.15) is 11.3 Å². The van der Waals surface area contributed by atoms with Gasteiger partial charge in [0.15, 0.2) is 17.5 Å². The van der Waals surface area contributed by atoms with Crippen LogP contribution in [0.15, 0.2) is 77.1 Å². The van der Waals surface area contributed by atoms with Gasteiger partial charge in [-0.05, 0) is 36.4 Å². The van der Waals surface area contributed by atoms with Crippen LogP contribution in [0.4, 0.5) is 11.6 Å². The minimum absolute atomic E-state index is 0.588. The lowest BCUT2D eigenvalue weighted by Gasteiger charge is -2.04. The van der Waals surface area contributed by atoms with E-state index in [1.807, 2.05) is 48.5 Å². The highest BCUT2D eigenvalue weighted by atomic mass is 15.1. The van der Waals surface area contributed by atoms with Crippen molar-refractivity contribution in [1.82, 2.24) is 15.0 Å². The lowest BCUT2D eigenvalue weighted by molar-refractivity contribution is 1.26. The van der Waals surface area contributed by atoms with Crippen molar-refractivity contribution in [2.24, 2.45) is 9.98 Å². The maximum Gasteiger partial charge on any atom is 0.166 e. The van der Waals surface area contributed by atoms with Crippen molar-refractivity contribution >= 4 is 23.3 Å². The lowest BCUT2D eigenvalue weighted by atomic mass is 10.2. The molecule has 0 radical (unpaired) electrons. The second-order valence-electron chi connectivity index (χ2n) is 4.82. The summed E-state index contributed by atoms with van der Waals surface area (Å²) in [6.07, 6.45) is 5.16. The number of nitrogens with zero attached hydrogens (tertiary/aromatic N) is 5. The normalized spacial score (nSPS) is 14.4. The summed E-state index contributed by atoms with van der Waals surface area (Å²) < 4.78 is 0. The Hall–Kier alpha value is -3.41. The van der Waals surface area contributed by atoms with Crippen LogP contribution >= 0.6 is 0 Å². The molecule has 0 amide bonds. The summed E-state index contributed by atoms with van der Waals surface area (Å²) in [5.74, 6) is 2.54. The second kappa shape index (κ2) is 5.76. The van der Waals surface area contributed by atoms with Crippen molar-refractivity contribution in [1.29, 1.82) is 0 Å². The summed E-state index contributed by atoms with van der Waals surface area (Å²) >= 11 is 0. The van der Waals surface area contributed by atoms with Gasteiger partial charge in [-0.3, -0.25) is 4.98 Å². The smallest absolute Gasteiger partial charge is 0.166 e. The van der Waals surface area contributed by atoms with Gasteiger partial charge < -0.3 is 5.32 Å². The summed E-state index contributed by atoms with van der Waals surface area (Å²) in [5.41, 5.74) is 1.63. The number of aliphatic imine (C=N–C) groups is 2. The Morgan fingerprint density at radius 1 is 0.783 bits per heavy atom. The van der Waals surface area contributed by atoms with Crippen LogP contribution in [0.5, 0.6) is 0 Å². The van der Waals surface area contributed by atoms with Gasteiger partial charge in [0.25, 0.3) is 0 Å². The molecule has 6 heteroatoms. The molecule has 0 fully saturated rings. The molecule has 0 bridgehead atoms. The maximum atomic E-state index is 4.56. The van der Waals surface area contributed by atoms with Crippen molar-refractivity contribution < 1.29 is 0 Å². The van der Waals surface area contributed by atoms with E-state index in [1.54, 1.807) is 18.6 Å². The first-order valence-electron chi connectivity index (χ1n) is 7.12. The van der Waals surface area contributed by atoms with Crippen LogP contribution in [0, 0.1) is 0 Å². The Labute approximate surface area is 132 Å². The first kappa shape index (κ1) is 13.3. The fourth-order valence-electron chi connectivity index (χ4n) is 2.25. The van der Waals surface area contributed by atoms with Gasteiger partial charge >= 0.3 is 0 Å². The van der Waals surface area contributed by atoms with E-state index < -0.39 is 0 Å². The molecule has 1 aliphatic heterocycles. The zero-order valence-electron chi connectivity index (χ0n) is 12.1. The fraction of sp³-hybridized carbons (Fsp3) is 0. The minimum Gasteiger partial charge on any atom is -0.323 e. The van der Waals surface area contributed by atoms with E-state index in [0.717, 1.165) is 11.3 Å². The highest BCUT2D eigenvalue weighted by molar-refractivity contribution is 6.25. The lowest BCUT2D eigenvalue weighted by Crippen LogP contribution is -2.13. The standard InChI is InChI=1S/C17H12N6/c1-3-9-18-13(7-1)21-16-12-6-5-11-20-15(12)17(23-16)22-14-8-2-4-10-19-14/h1-11H,(H,18,19,21,22,23). The summed E-state index contributed by atoms with van der Waals surface area (Å²) in [6, 6.07) is 15.0. The van der Waals surface area contributed by atoms with Gasteiger partial charge in [0, 0.05) is 24.2 Å². The third kappa shape index (κ3) is 2.69. The second-order valence-corrected chi connectivity index (χ2v) is 4.82. The van der Waals surface area contributed by atoms with Crippen LogP contribution < -0.4 is 5.32 Å². The number of hydrogen-bond acceptors (Lipinski definition) is 5. The molecule has 0 saturated heterocycles.